The van der Waals surface area contributed by atoms with E-state index < -0.39 is 5.97 Å². The number of carbonyl (C=O) groups is 1. The van der Waals surface area contributed by atoms with Crippen molar-refractivity contribution < 1.29 is 19.4 Å². The summed E-state index contributed by atoms with van der Waals surface area (Å²) in [5.74, 6) is 0.550. The number of aliphatic carboxylic acids is 1. The van der Waals surface area contributed by atoms with Crippen LogP contribution in [0.5, 0.6) is 11.5 Å². The topological polar surface area (TPSA) is 55.8 Å². The molecule has 0 amide bonds. The van der Waals surface area contributed by atoms with Gasteiger partial charge in [-0.25, -0.2) is 0 Å². The summed E-state index contributed by atoms with van der Waals surface area (Å²) in [4.78, 5) is 10.7. The average molecular weight is 349 g/mol. The minimum atomic E-state index is -0.816. The van der Waals surface area contributed by atoms with Crippen LogP contribution in [0.25, 0.3) is 0 Å². The van der Waals surface area contributed by atoms with Crippen molar-refractivity contribution in [3.63, 3.8) is 0 Å². The predicted molar refractivity (Wildman–Crippen MR) is 93.7 cm³/mol. The minimum Gasteiger partial charge on any atom is -0.490 e. The van der Waals surface area contributed by atoms with Crippen LogP contribution in [-0.2, 0) is 11.4 Å². The quantitative estimate of drug-likeness (QED) is 0.744. The normalized spacial score (nSPS) is 13.1. The lowest BCUT2D eigenvalue weighted by Gasteiger charge is -2.20. The maximum Gasteiger partial charge on any atom is 0.303 e. The first-order valence-corrected chi connectivity index (χ1v) is 8.17. The number of rotatable bonds is 8. The van der Waals surface area contributed by atoms with Crippen LogP contribution in [0.2, 0.25) is 5.02 Å². The maximum atomic E-state index is 10.7. The van der Waals surface area contributed by atoms with Gasteiger partial charge in [-0.15, -0.1) is 0 Å². The molecule has 0 aliphatic carbocycles. The summed E-state index contributed by atoms with van der Waals surface area (Å²) in [6.07, 6.45) is -0.0920. The molecule has 4 nitrogen and oxygen atoms in total. The van der Waals surface area contributed by atoms with E-state index in [1.54, 1.807) is 0 Å². The van der Waals surface area contributed by atoms with Gasteiger partial charge in [-0.1, -0.05) is 30.7 Å². The van der Waals surface area contributed by atoms with E-state index in [-0.39, 0.29) is 18.4 Å². The molecule has 128 valence electrons. The second-order valence-corrected chi connectivity index (χ2v) is 6.22. The highest BCUT2D eigenvalue weighted by atomic mass is 35.5. The molecule has 0 spiro atoms. The third-order valence-electron chi connectivity index (χ3n) is 3.76. The lowest BCUT2D eigenvalue weighted by atomic mass is 10.0. The Morgan fingerprint density at radius 3 is 2.21 bits per heavy atom. The van der Waals surface area contributed by atoms with Crippen LogP contribution in [-0.4, -0.2) is 17.2 Å². The van der Waals surface area contributed by atoms with Crippen LogP contribution in [0.3, 0.4) is 0 Å². The van der Waals surface area contributed by atoms with Crippen LogP contribution in [0.15, 0.2) is 48.5 Å². The summed E-state index contributed by atoms with van der Waals surface area (Å²) < 4.78 is 11.5. The molecule has 0 aliphatic rings. The van der Waals surface area contributed by atoms with Crippen molar-refractivity contribution in [1.29, 1.82) is 0 Å². The second kappa shape index (κ2) is 8.60. The van der Waals surface area contributed by atoms with Crippen molar-refractivity contribution in [2.45, 2.75) is 33.0 Å². The Morgan fingerprint density at radius 2 is 1.62 bits per heavy atom. The molecule has 0 saturated heterocycles. The van der Waals surface area contributed by atoms with Crippen molar-refractivity contribution in [2.24, 2.45) is 5.92 Å². The van der Waals surface area contributed by atoms with Crippen LogP contribution in [0.1, 0.15) is 25.8 Å². The fourth-order valence-electron chi connectivity index (χ4n) is 2.13. The van der Waals surface area contributed by atoms with Crippen LogP contribution in [0.4, 0.5) is 0 Å². The summed E-state index contributed by atoms with van der Waals surface area (Å²) in [6.45, 7) is 4.20. The molecule has 2 unspecified atom stereocenters. The van der Waals surface area contributed by atoms with Gasteiger partial charge in [-0.05, 0) is 48.9 Å². The molecule has 2 aromatic carbocycles. The van der Waals surface area contributed by atoms with Crippen LogP contribution < -0.4 is 9.47 Å². The lowest BCUT2D eigenvalue weighted by Crippen LogP contribution is -2.23. The molecule has 2 aromatic rings. The van der Waals surface area contributed by atoms with E-state index in [1.807, 2.05) is 62.4 Å². The van der Waals surface area contributed by atoms with Gasteiger partial charge < -0.3 is 14.6 Å². The summed E-state index contributed by atoms with van der Waals surface area (Å²) in [6, 6.07) is 14.8. The zero-order valence-corrected chi connectivity index (χ0v) is 14.5. The number of hydrogen-bond acceptors (Lipinski definition) is 3. The molecule has 0 aliphatic heterocycles. The van der Waals surface area contributed by atoms with Crippen molar-refractivity contribution in [1.82, 2.24) is 0 Å². The second-order valence-electron chi connectivity index (χ2n) is 5.78. The molecular weight excluding hydrogens is 328 g/mol. The van der Waals surface area contributed by atoms with Crippen molar-refractivity contribution in [3.05, 3.63) is 59.1 Å². The summed E-state index contributed by atoms with van der Waals surface area (Å²) >= 11 is 5.85. The Hall–Kier alpha value is -2.20. The van der Waals surface area contributed by atoms with Gasteiger partial charge in [0.2, 0.25) is 0 Å². The number of ether oxygens (including phenoxy) is 2. The Bertz CT molecular complexity index is 652. The number of carboxylic acid groups (broad SMARTS) is 1. The zero-order valence-electron chi connectivity index (χ0n) is 13.7. The SMILES string of the molecule is CC(CC(=O)O)C(C)Oc1ccc(OCc2ccc(Cl)cc2)cc1. The fourth-order valence-corrected chi connectivity index (χ4v) is 2.26. The molecule has 0 heterocycles. The lowest BCUT2D eigenvalue weighted by molar-refractivity contribution is -0.138. The minimum absolute atomic E-state index is 0.0664. The van der Waals surface area contributed by atoms with E-state index in [0.717, 1.165) is 11.3 Å². The first-order chi connectivity index (χ1) is 11.4. The fraction of sp³-hybridized carbons (Fsp3) is 0.316. The molecule has 0 saturated carbocycles. The maximum absolute atomic E-state index is 10.7. The number of halogens is 1. The summed E-state index contributed by atoms with van der Waals surface area (Å²) in [7, 11) is 0. The average Bonchev–Trinajstić information content (AvgIpc) is 2.55. The van der Waals surface area contributed by atoms with Gasteiger partial charge >= 0.3 is 5.97 Å². The predicted octanol–water partition coefficient (Wildman–Crippen LogP) is 4.80. The highest BCUT2D eigenvalue weighted by molar-refractivity contribution is 6.30. The van der Waals surface area contributed by atoms with E-state index >= 15 is 0 Å². The largest absolute Gasteiger partial charge is 0.490 e. The molecule has 0 bridgehead atoms. The Morgan fingerprint density at radius 1 is 1.04 bits per heavy atom. The molecular formula is C19H21ClO4. The van der Waals surface area contributed by atoms with Gasteiger partial charge in [0, 0.05) is 10.9 Å². The van der Waals surface area contributed by atoms with Gasteiger partial charge in [0.25, 0.3) is 0 Å². The van der Waals surface area contributed by atoms with Crippen molar-refractivity contribution >= 4 is 17.6 Å². The zero-order chi connectivity index (χ0) is 17.5. The standard InChI is InChI=1S/C19H21ClO4/c1-13(11-19(21)22)14(2)24-18-9-7-17(8-10-18)23-12-15-3-5-16(20)6-4-15/h3-10,13-14H,11-12H2,1-2H3,(H,21,22). The molecule has 24 heavy (non-hydrogen) atoms. The van der Waals surface area contributed by atoms with E-state index in [1.165, 1.54) is 0 Å². The van der Waals surface area contributed by atoms with E-state index in [0.29, 0.717) is 17.4 Å². The van der Waals surface area contributed by atoms with Gasteiger partial charge in [0.15, 0.2) is 0 Å². The van der Waals surface area contributed by atoms with E-state index in [9.17, 15) is 4.79 Å². The first kappa shape index (κ1) is 18.1. The molecule has 1 N–H and O–H groups in total. The number of carboxylic acids is 1. The van der Waals surface area contributed by atoms with Crippen LogP contribution in [0, 0.1) is 5.92 Å². The van der Waals surface area contributed by atoms with Gasteiger partial charge in [0.1, 0.15) is 18.1 Å². The summed E-state index contributed by atoms with van der Waals surface area (Å²) in [5, 5.41) is 9.52. The molecule has 0 aromatic heterocycles. The monoisotopic (exact) mass is 348 g/mol. The number of hydrogen-bond donors (Lipinski definition) is 1. The molecule has 2 rings (SSSR count). The third kappa shape index (κ3) is 5.78. The van der Waals surface area contributed by atoms with Gasteiger partial charge in [0.05, 0.1) is 12.5 Å². The van der Waals surface area contributed by atoms with Gasteiger partial charge in [-0.2, -0.15) is 0 Å². The Kier molecular flexibility index (Phi) is 6.50. The molecule has 2 atom stereocenters. The molecule has 5 heteroatoms. The van der Waals surface area contributed by atoms with E-state index in [2.05, 4.69) is 0 Å². The molecule has 0 radical (unpaired) electrons. The van der Waals surface area contributed by atoms with Crippen LogP contribution >= 0.6 is 11.6 Å². The third-order valence-corrected chi connectivity index (χ3v) is 4.01. The highest BCUT2D eigenvalue weighted by Gasteiger charge is 2.17. The van der Waals surface area contributed by atoms with Crippen molar-refractivity contribution in [2.75, 3.05) is 0 Å². The number of benzene rings is 2. The Labute approximate surface area is 147 Å². The summed E-state index contributed by atoms with van der Waals surface area (Å²) in [5.41, 5.74) is 1.04. The first-order valence-electron chi connectivity index (χ1n) is 7.80. The highest BCUT2D eigenvalue weighted by Crippen LogP contribution is 2.22. The van der Waals surface area contributed by atoms with Gasteiger partial charge in [-0.3, -0.25) is 4.79 Å². The smallest absolute Gasteiger partial charge is 0.303 e. The van der Waals surface area contributed by atoms with Crippen molar-refractivity contribution in [3.8, 4) is 11.5 Å². The van der Waals surface area contributed by atoms with E-state index in [4.69, 9.17) is 26.2 Å². The Balaban J connectivity index is 1.86. The molecule has 0 fully saturated rings.